The van der Waals surface area contributed by atoms with Gasteiger partial charge in [-0.3, -0.25) is 9.89 Å². The van der Waals surface area contributed by atoms with Gasteiger partial charge in [-0.1, -0.05) is 30.5 Å². The summed E-state index contributed by atoms with van der Waals surface area (Å²) in [6.45, 7) is 0.718. The van der Waals surface area contributed by atoms with Gasteiger partial charge in [0, 0.05) is 28.1 Å². The number of piperidine rings is 1. The first-order chi connectivity index (χ1) is 15.1. The first-order valence-electron chi connectivity index (χ1n) is 10.8. The summed E-state index contributed by atoms with van der Waals surface area (Å²) >= 11 is 6.38. The third-order valence-electron chi connectivity index (χ3n) is 6.84. The molecule has 1 spiro atoms. The van der Waals surface area contributed by atoms with Gasteiger partial charge in [0.1, 0.15) is 0 Å². The van der Waals surface area contributed by atoms with Gasteiger partial charge in [0.2, 0.25) is 5.91 Å². The van der Waals surface area contributed by atoms with Crippen LogP contribution in [-0.4, -0.2) is 28.2 Å². The van der Waals surface area contributed by atoms with Crippen molar-refractivity contribution in [2.24, 2.45) is 5.92 Å². The van der Waals surface area contributed by atoms with E-state index in [1.54, 1.807) is 18.2 Å². The van der Waals surface area contributed by atoms with Gasteiger partial charge in [-0.25, -0.2) is 0 Å². The number of nitriles is 1. The molecular formula is C24H24ClN5O. The second-order valence-electron chi connectivity index (χ2n) is 8.73. The highest BCUT2D eigenvalue weighted by Gasteiger charge is 2.39. The van der Waals surface area contributed by atoms with Crippen LogP contribution in [0, 0.1) is 17.2 Å². The van der Waals surface area contributed by atoms with Crippen molar-refractivity contribution >= 4 is 34.2 Å². The minimum Gasteiger partial charge on any atom is -0.310 e. The molecule has 2 aromatic carbocycles. The minimum absolute atomic E-state index is 0.00339. The van der Waals surface area contributed by atoms with Crippen LogP contribution in [0.25, 0.3) is 22.0 Å². The maximum atomic E-state index is 12.9. The molecule has 2 aliphatic rings. The molecule has 2 heterocycles. The second kappa shape index (κ2) is 7.99. The summed E-state index contributed by atoms with van der Waals surface area (Å²) in [5.41, 5.74) is 3.29. The van der Waals surface area contributed by atoms with E-state index in [-0.39, 0.29) is 17.4 Å². The molecule has 2 fully saturated rings. The van der Waals surface area contributed by atoms with Crippen molar-refractivity contribution in [3.63, 3.8) is 0 Å². The van der Waals surface area contributed by atoms with Crippen molar-refractivity contribution in [2.45, 2.75) is 44.1 Å². The normalized spacial score (nSPS) is 20.1. The number of hydrogen-bond acceptors (Lipinski definition) is 4. The number of carbonyl (C=O) groups excluding carboxylic acids is 1. The molecule has 1 aliphatic heterocycles. The molecule has 0 radical (unpaired) electrons. The largest absolute Gasteiger partial charge is 0.310 e. The second-order valence-corrected chi connectivity index (χ2v) is 9.14. The van der Waals surface area contributed by atoms with Gasteiger partial charge in [0.05, 0.1) is 23.1 Å². The molecule has 1 aromatic heterocycles. The number of amides is 1. The number of fused-ring (bicyclic) bond motifs is 1. The molecule has 1 aliphatic carbocycles. The number of aromatic nitrogens is 2. The molecule has 0 unspecified atom stereocenters. The Hall–Kier alpha value is -2.88. The molecule has 1 atom stereocenters. The first-order valence-corrected chi connectivity index (χ1v) is 11.2. The van der Waals surface area contributed by atoms with Crippen LogP contribution in [0.3, 0.4) is 0 Å². The fourth-order valence-electron chi connectivity index (χ4n) is 4.99. The Morgan fingerprint density at radius 1 is 1.19 bits per heavy atom. The fourth-order valence-corrected chi connectivity index (χ4v) is 5.22. The van der Waals surface area contributed by atoms with E-state index >= 15 is 0 Å². The molecule has 31 heavy (non-hydrogen) atoms. The number of aromatic amines is 1. The van der Waals surface area contributed by atoms with Crippen molar-refractivity contribution in [3.8, 4) is 17.2 Å². The molecule has 1 amide bonds. The van der Waals surface area contributed by atoms with Crippen LogP contribution >= 0.6 is 11.6 Å². The number of anilines is 1. The summed E-state index contributed by atoms with van der Waals surface area (Å²) in [6, 6.07) is 13.1. The molecular weight excluding hydrogens is 410 g/mol. The maximum absolute atomic E-state index is 12.9. The van der Waals surface area contributed by atoms with Crippen LogP contribution in [-0.2, 0) is 4.79 Å². The zero-order valence-corrected chi connectivity index (χ0v) is 17.9. The topological polar surface area (TPSA) is 93.6 Å². The molecule has 158 valence electrons. The predicted octanol–water partition coefficient (Wildman–Crippen LogP) is 5.01. The van der Waals surface area contributed by atoms with E-state index in [9.17, 15) is 10.1 Å². The van der Waals surface area contributed by atoms with E-state index in [0.717, 1.165) is 41.4 Å². The van der Waals surface area contributed by atoms with E-state index in [0.29, 0.717) is 16.4 Å². The number of hydrogen-bond donors (Lipinski definition) is 3. The Bertz CT molecular complexity index is 1180. The zero-order valence-electron chi connectivity index (χ0n) is 17.2. The standard InChI is InChI=1S/C24H24ClN5O/c25-20-5-3-15(13-26)11-18(20)16-4-6-21-19(12-16)22(30-29-21)28-23(31)17-7-10-24(27-14-17)8-1-2-9-24/h3-6,11-12,17,27H,1-2,7-10,14H2,(H2,28,29,30,31)/t17-/m1/s1. The SMILES string of the molecule is N#Cc1ccc(Cl)c(-c2ccc3[nH]nc(NC(=O)[C@@H]4CCC5(CCCC5)NC4)c3c2)c1. The number of nitrogens with one attached hydrogen (secondary N) is 3. The van der Waals surface area contributed by atoms with Gasteiger partial charge in [0.15, 0.2) is 5.82 Å². The molecule has 3 N–H and O–H groups in total. The lowest BCUT2D eigenvalue weighted by molar-refractivity contribution is -0.120. The number of nitrogens with zero attached hydrogens (tertiary/aromatic N) is 2. The van der Waals surface area contributed by atoms with Gasteiger partial charge in [-0.15, -0.1) is 0 Å². The number of carbonyl (C=O) groups is 1. The Labute approximate surface area is 186 Å². The van der Waals surface area contributed by atoms with Crippen molar-refractivity contribution in [2.75, 3.05) is 11.9 Å². The van der Waals surface area contributed by atoms with E-state index in [1.165, 1.54) is 25.7 Å². The number of benzene rings is 2. The molecule has 1 saturated carbocycles. The first kappa shape index (κ1) is 20.0. The van der Waals surface area contributed by atoms with Gasteiger partial charge >= 0.3 is 0 Å². The summed E-state index contributed by atoms with van der Waals surface area (Å²) in [6.07, 6.45) is 6.99. The molecule has 7 heteroatoms. The summed E-state index contributed by atoms with van der Waals surface area (Å²) in [5, 5.41) is 24.6. The third-order valence-corrected chi connectivity index (χ3v) is 7.17. The van der Waals surface area contributed by atoms with Crippen LogP contribution in [0.5, 0.6) is 0 Å². The van der Waals surface area contributed by atoms with Crippen molar-refractivity contribution in [3.05, 3.63) is 47.0 Å². The smallest absolute Gasteiger partial charge is 0.229 e. The Morgan fingerprint density at radius 3 is 2.77 bits per heavy atom. The molecule has 1 saturated heterocycles. The lowest BCUT2D eigenvalue weighted by atomic mass is 9.82. The molecule has 0 bridgehead atoms. The monoisotopic (exact) mass is 433 g/mol. The maximum Gasteiger partial charge on any atom is 0.229 e. The average molecular weight is 434 g/mol. The van der Waals surface area contributed by atoms with E-state index < -0.39 is 0 Å². The van der Waals surface area contributed by atoms with Crippen LogP contribution in [0.1, 0.15) is 44.1 Å². The number of halogens is 1. The minimum atomic E-state index is -0.0529. The van der Waals surface area contributed by atoms with Crippen molar-refractivity contribution in [1.82, 2.24) is 15.5 Å². The van der Waals surface area contributed by atoms with Gasteiger partial charge in [-0.2, -0.15) is 10.4 Å². The van der Waals surface area contributed by atoms with Gasteiger partial charge < -0.3 is 10.6 Å². The average Bonchev–Trinajstić information content (AvgIpc) is 3.41. The Morgan fingerprint density at radius 2 is 2.03 bits per heavy atom. The Kier molecular flexibility index (Phi) is 5.17. The summed E-state index contributed by atoms with van der Waals surface area (Å²) in [7, 11) is 0. The van der Waals surface area contributed by atoms with Gasteiger partial charge in [0.25, 0.3) is 0 Å². The van der Waals surface area contributed by atoms with Crippen LogP contribution in [0.2, 0.25) is 5.02 Å². The van der Waals surface area contributed by atoms with Crippen LogP contribution < -0.4 is 10.6 Å². The summed E-state index contributed by atoms with van der Waals surface area (Å²) in [4.78, 5) is 12.9. The number of H-pyrrole nitrogens is 1. The van der Waals surface area contributed by atoms with E-state index in [4.69, 9.17) is 11.6 Å². The highest BCUT2D eigenvalue weighted by Crippen LogP contribution is 2.38. The molecule has 5 rings (SSSR count). The Balaban J connectivity index is 1.37. The van der Waals surface area contributed by atoms with Crippen LogP contribution in [0.15, 0.2) is 36.4 Å². The number of rotatable bonds is 3. The lowest BCUT2D eigenvalue weighted by Gasteiger charge is -2.38. The summed E-state index contributed by atoms with van der Waals surface area (Å²) < 4.78 is 0. The molecule has 6 nitrogen and oxygen atoms in total. The molecule has 3 aromatic rings. The summed E-state index contributed by atoms with van der Waals surface area (Å²) in [5.74, 6) is 0.474. The zero-order chi connectivity index (χ0) is 21.4. The van der Waals surface area contributed by atoms with Gasteiger partial charge in [-0.05, 0) is 61.6 Å². The van der Waals surface area contributed by atoms with E-state index in [1.807, 2.05) is 18.2 Å². The van der Waals surface area contributed by atoms with Crippen molar-refractivity contribution in [1.29, 1.82) is 5.26 Å². The van der Waals surface area contributed by atoms with Crippen molar-refractivity contribution < 1.29 is 4.79 Å². The highest BCUT2D eigenvalue weighted by molar-refractivity contribution is 6.33. The highest BCUT2D eigenvalue weighted by atomic mass is 35.5. The third kappa shape index (κ3) is 3.80. The van der Waals surface area contributed by atoms with Crippen LogP contribution in [0.4, 0.5) is 5.82 Å². The quantitative estimate of drug-likeness (QED) is 0.541. The lowest BCUT2D eigenvalue weighted by Crippen LogP contribution is -2.51. The fraction of sp³-hybridized carbons (Fsp3) is 0.375. The van der Waals surface area contributed by atoms with E-state index in [2.05, 4.69) is 26.9 Å². The predicted molar refractivity (Wildman–Crippen MR) is 122 cm³/mol.